The van der Waals surface area contributed by atoms with E-state index in [1.165, 1.54) is 11.1 Å². The molecule has 1 aliphatic heterocycles. The Labute approximate surface area is 137 Å². The third kappa shape index (κ3) is 3.09. The van der Waals surface area contributed by atoms with Gasteiger partial charge >= 0.3 is 6.03 Å². The molecular formula is C20H22N2O. The molecule has 1 saturated heterocycles. The second-order valence-electron chi connectivity index (χ2n) is 6.65. The molecule has 0 radical (unpaired) electrons. The van der Waals surface area contributed by atoms with Crippen molar-refractivity contribution in [1.82, 2.24) is 10.2 Å². The van der Waals surface area contributed by atoms with Crippen LogP contribution in [0.25, 0.3) is 0 Å². The Kier molecular flexibility index (Phi) is 3.78. The van der Waals surface area contributed by atoms with Gasteiger partial charge in [0.05, 0.1) is 0 Å². The molecule has 2 aromatic carbocycles. The molecular weight excluding hydrogens is 284 g/mol. The van der Waals surface area contributed by atoms with Crippen LogP contribution in [0.15, 0.2) is 60.7 Å². The van der Waals surface area contributed by atoms with E-state index in [4.69, 9.17) is 0 Å². The van der Waals surface area contributed by atoms with Gasteiger partial charge in [0.2, 0.25) is 0 Å². The van der Waals surface area contributed by atoms with E-state index in [1.54, 1.807) is 0 Å². The van der Waals surface area contributed by atoms with E-state index in [1.807, 2.05) is 17.0 Å². The van der Waals surface area contributed by atoms with Gasteiger partial charge in [-0.2, -0.15) is 0 Å². The van der Waals surface area contributed by atoms with E-state index in [0.717, 1.165) is 25.9 Å². The van der Waals surface area contributed by atoms with Gasteiger partial charge in [-0.05, 0) is 24.0 Å². The number of urea groups is 1. The lowest BCUT2D eigenvalue weighted by atomic mass is 9.99. The summed E-state index contributed by atoms with van der Waals surface area (Å²) in [4.78, 5) is 14.4. The molecule has 2 aromatic rings. The maximum absolute atomic E-state index is 12.5. The minimum atomic E-state index is 0.104. The largest absolute Gasteiger partial charge is 0.335 e. The summed E-state index contributed by atoms with van der Waals surface area (Å²) < 4.78 is 0. The lowest BCUT2D eigenvalue weighted by molar-refractivity contribution is 0.207. The van der Waals surface area contributed by atoms with Gasteiger partial charge in [-0.15, -0.1) is 0 Å². The molecule has 0 unspecified atom stereocenters. The van der Waals surface area contributed by atoms with Crippen LogP contribution in [0.2, 0.25) is 0 Å². The van der Waals surface area contributed by atoms with E-state index >= 15 is 0 Å². The first kappa shape index (κ1) is 14.3. The van der Waals surface area contributed by atoms with Crippen molar-refractivity contribution in [3.63, 3.8) is 0 Å². The van der Waals surface area contributed by atoms with Crippen molar-refractivity contribution in [3.8, 4) is 0 Å². The smallest absolute Gasteiger partial charge is 0.317 e. The number of rotatable bonds is 3. The van der Waals surface area contributed by atoms with Gasteiger partial charge in [0.15, 0.2) is 0 Å². The number of hydrogen-bond donors (Lipinski definition) is 1. The number of carbonyl (C=O) groups excluding carboxylic acids is 1. The Bertz CT molecular complexity index is 671. The minimum absolute atomic E-state index is 0.104. The predicted molar refractivity (Wildman–Crippen MR) is 91.5 cm³/mol. The van der Waals surface area contributed by atoms with E-state index in [2.05, 4.69) is 53.8 Å². The molecule has 2 aliphatic rings. The van der Waals surface area contributed by atoms with Crippen molar-refractivity contribution < 1.29 is 4.79 Å². The maximum atomic E-state index is 12.5. The highest BCUT2D eigenvalue weighted by atomic mass is 16.2. The maximum Gasteiger partial charge on any atom is 0.317 e. The normalized spacial score (nSPS) is 26.1. The summed E-state index contributed by atoms with van der Waals surface area (Å²) in [6.07, 6.45) is 2.12. The summed E-state index contributed by atoms with van der Waals surface area (Å²) >= 11 is 0. The highest BCUT2D eigenvalue weighted by Gasteiger charge is 2.40. The van der Waals surface area contributed by atoms with E-state index < -0.39 is 0 Å². The van der Waals surface area contributed by atoms with Crippen LogP contribution in [0.4, 0.5) is 4.79 Å². The number of nitrogens with zero attached hydrogens (tertiary/aromatic N) is 1. The number of amides is 2. The SMILES string of the molecule is O=C(N[C@@H]1C[C@H]1c1ccccc1)N1CC[C@@H](c2ccccc2)C1. The molecule has 3 nitrogen and oxygen atoms in total. The Morgan fingerprint density at radius 3 is 2.30 bits per heavy atom. The Morgan fingerprint density at radius 1 is 0.957 bits per heavy atom. The molecule has 1 saturated carbocycles. The summed E-state index contributed by atoms with van der Waals surface area (Å²) in [7, 11) is 0. The lowest BCUT2D eigenvalue weighted by Crippen LogP contribution is -2.39. The second-order valence-corrected chi connectivity index (χ2v) is 6.65. The molecule has 2 amide bonds. The molecule has 0 bridgehead atoms. The first-order valence-corrected chi connectivity index (χ1v) is 8.46. The summed E-state index contributed by atoms with van der Waals surface area (Å²) in [6.45, 7) is 1.69. The summed E-state index contributed by atoms with van der Waals surface area (Å²) in [5.74, 6) is 0.971. The van der Waals surface area contributed by atoms with Crippen LogP contribution in [0, 0.1) is 0 Å². The van der Waals surface area contributed by atoms with Gasteiger partial charge in [0, 0.05) is 31.0 Å². The molecule has 2 fully saturated rings. The van der Waals surface area contributed by atoms with E-state index in [9.17, 15) is 4.79 Å². The molecule has 0 spiro atoms. The van der Waals surface area contributed by atoms with E-state index in [-0.39, 0.29) is 6.03 Å². The zero-order chi connectivity index (χ0) is 15.6. The topological polar surface area (TPSA) is 32.3 Å². The summed E-state index contributed by atoms with van der Waals surface area (Å²) in [5.41, 5.74) is 2.68. The molecule has 118 valence electrons. The minimum Gasteiger partial charge on any atom is -0.335 e. The van der Waals surface area contributed by atoms with Crippen molar-refractivity contribution in [2.45, 2.75) is 30.7 Å². The summed E-state index contributed by atoms with van der Waals surface area (Å²) in [6, 6.07) is 21.4. The van der Waals surface area contributed by atoms with Crippen LogP contribution in [0.3, 0.4) is 0 Å². The standard InChI is InChI=1S/C20H22N2O/c23-20(21-19-13-18(19)16-9-5-2-6-10-16)22-12-11-17(14-22)15-7-3-1-4-8-15/h1-10,17-19H,11-14H2,(H,21,23)/t17-,18+,19-/m1/s1. The van der Waals surface area contributed by atoms with E-state index in [0.29, 0.717) is 17.9 Å². The molecule has 1 N–H and O–H groups in total. The van der Waals surface area contributed by atoms with Gasteiger partial charge in [0.25, 0.3) is 0 Å². The van der Waals surface area contributed by atoms with Crippen LogP contribution in [0.5, 0.6) is 0 Å². The number of likely N-dealkylation sites (tertiary alicyclic amines) is 1. The molecule has 0 aromatic heterocycles. The van der Waals surface area contributed by atoms with Crippen LogP contribution < -0.4 is 5.32 Å². The average Bonchev–Trinajstić information content (AvgIpc) is 3.19. The fraction of sp³-hybridized carbons (Fsp3) is 0.350. The van der Waals surface area contributed by atoms with Crippen molar-refractivity contribution in [1.29, 1.82) is 0 Å². The quantitative estimate of drug-likeness (QED) is 0.920. The van der Waals surface area contributed by atoms with Crippen LogP contribution in [0.1, 0.15) is 35.8 Å². The Balaban J connectivity index is 1.31. The lowest BCUT2D eigenvalue weighted by Gasteiger charge is -2.17. The molecule has 23 heavy (non-hydrogen) atoms. The second kappa shape index (κ2) is 6.07. The fourth-order valence-corrected chi connectivity index (χ4v) is 3.62. The third-order valence-corrected chi connectivity index (χ3v) is 5.07. The summed E-state index contributed by atoms with van der Waals surface area (Å²) in [5, 5.41) is 3.20. The monoisotopic (exact) mass is 306 g/mol. The predicted octanol–water partition coefficient (Wildman–Crippen LogP) is 3.74. The Morgan fingerprint density at radius 2 is 1.61 bits per heavy atom. The molecule has 1 aliphatic carbocycles. The first-order valence-electron chi connectivity index (χ1n) is 8.46. The van der Waals surface area contributed by atoms with Crippen LogP contribution >= 0.6 is 0 Å². The zero-order valence-corrected chi connectivity index (χ0v) is 13.2. The van der Waals surface area contributed by atoms with Crippen LogP contribution in [-0.2, 0) is 0 Å². The van der Waals surface area contributed by atoms with Crippen LogP contribution in [-0.4, -0.2) is 30.1 Å². The third-order valence-electron chi connectivity index (χ3n) is 5.07. The van der Waals surface area contributed by atoms with Crippen molar-refractivity contribution in [2.75, 3.05) is 13.1 Å². The number of benzene rings is 2. The Hall–Kier alpha value is -2.29. The van der Waals surface area contributed by atoms with Crippen molar-refractivity contribution in [3.05, 3.63) is 71.8 Å². The number of hydrogen-bond acceptors (Lipinski definition) is 1. The number of nitrogens with one attached hydrogen (secondary N) is 1. The van der Waals surface area contributed by atoms with Gasteiger partial charge in [-0.25, -0.2) is 4.79 Å². The van der Waals surface area contributed by atoms with Gasteiger partial charge in [-0.3, -0.25) is 0 Å². The van der Waals surface area contributed by atoms with Crippen molar-refractivity contribution in [2.24, 2.45) is 0 Å². The highest BCUT2D eigenvalue weighted by molar-refractivity contribution is 5.75. The van der Waals surface area contributed by atoms with Gasteiger partial charge in [-0.1, -0.05) is 60.7 Å². The highest BCUT2D eigenvalue weighted by Crippen LogP contribution is 2.40. The molecule has 1 heterocycles. The van der Waals surface area contributed by atoms with Gasteiger partial charge in [0.1, 0.15) is 0 Å². The fourth-order valence-electron chi connectivity index (χ4n) is 3.62. The number of carbonyl (C=O) groups is 1. The average molecular weight is 306 g/mol. The van der Waals surface area contributed by atoms with Gasteiger partial charge < -0.3 is 10.2 Å². The molecule has 3 atom stereocenters. The zero-order valence-electron chi connectivity index (χ0n) is 13.2. The van der Waals surface area contributed by atoms with Crippen molar-refractivity contribution >= 4 is 6.03 Å². The molecule has 3 heteroatoms. The first-order chi connectivity index (χ1) is 11.3. The molecule has 4 rings (SSSR count).